The van der Waals surface area contributed by atoms with Gasteiger partial charge in [-0.3, -0.25) is 0 Å². The molecule has 0 radical (unpaired) electrons. The van der Waals surface area contributed by atoms with Crippen molar-refractivity contribution in [3.8, 4) is 33.4 Å². The molecule has 5 aromatic carbocycles. The number of fused-ring (bicyclic) bond motifs is 6. The average Bonchev–Trinajstić information content (AvgIpc) is 3.30. The van der Waals surface area contributed by atoms with Gasteiger partial charge in [0.25, 0.3) is 0 Å². The molecule has 1 N–H and O–H groups in total. The highest BCUT2D eigenvalue weighted by atomic mass is 14.9. The van der Waals surface area contributed by atoms with Crippen LogP contribution >= 0.6 is 0 Å². The van der Waals surface area contributed by atoms with Crippen LogP contribution in [-0.4, -0.2) is 0 Å². The van der Waals surface area contributed by atoms with Gasteiger partial charge in [0, 0.05) is 27.8 Å². The van der Waals surface area contributed by atoms with Crippen molar-refractivity contribution in [2.24, 2.45) is 0 Å². The molecule has 180 valence electrons. The maximum absolute atomic E-state index is 3.74. The van der Waals surface area contributed by atoms with E-state index in [1.54, 1.807) is 0 Å². The molecule has 0 heterocycles. The zero-order valence-electron chi connectivity index (χ0n) is 21.9. The van der Waals surface area contributed by atoms with Gasteiger partial charge in [-0.05, 0) is 68.3 Å². The first-order chi connectivity index (χ1) is 17.9. The monoisotopic (exact) mass is 477 g/mol. The summed E-state index contributed by atoms with van der Waals surface area (Å²) in [7, 11) is 0. The first kappa shape index (κ1) is 22.1. The molecule has 0 aromatic heterocycles. The number of hydrogen-bond donors (Lipinski definition) is 1. The van der Waals surface area contributed by atoms with E-state index in [1.807, 2.05) is 0 Å². The summed E-state index contributed by atoms with van der Waals surface area (Å²) in [5.74, 6) is 0. The lowest BCUT2D eigenvalue weighted by Crippen LogP contribution is -2.16. The molecule has 0 aliphatic heterocycles. The summed E-state index contributed by atoms with van der Waals surface area (Å²) in [6.07, 6.45) is 0. The normalized spacial score (nSPS) is 15.5. The van der Waals surface area contributed by atoms with E-state index in [0.29, 0.717) is 0 Å². The van der Waals surface area contributed by atoms with Crippen molar-refractivity contribution in [3.05, 3.63) is 131 Å². The lowest BCUT2D eigenvalue weighted by Gasteiger charge is -2.24. The van der Waals surface area contributed by atoms with E-state index in [2.05, 4.69) is 142 Å². The molecule has 37 heavy (non-hydrogen) atoms. The van der Waals surface area contributed by atoms with E-state index in [4.69, 9.17) is 0 Å². The number of benzene rings is 5. The molecule has 0 atom stereocenters. The van der Waals surface area contributed by atoms with Gasteiger partial charge in [0.05, 0.1) is 0 Å². The van der Waals surface area contributed by atoms with Gasteiger partial charge in [-0.25, -0.2) is 0 Å². The van der Waals surface area contributed by atoms with E-state index in [0.717, 1.165) is 5.69 Å². The summed E-state index contributed by atoms with van der Waals surface area (Å²) in [6, 6.07) is 40.0. The quantitative estimate of drug-likeness (QED) is 0.273. The molecule has 7 rings (SSSR count). The van der Waals surface area contributed by atoms with Crippen LogP contribution in [0.4, 0.5) is 11.4 Å². The third-order valence-electron chi connectivity index (χ3n) is 8.66. The molecule has 1 nitrogen and oxygen atoms in total. The van der Waals surface area contributed by atoms with Crippen LogP contribution in [0.15, 0.2) is 109 Å². The summed E-state index contributed by atoms with van der Waals surface area (Å²) in [5.41, 5.74) is 15.9. The third kappa shape index (κ3) is 3.10. The zero-order chi connectivity index (χ0) is 25.4. The van der Waals surface area contributed by atoms with Crippen molar-refractivity contribution in [2.75, 3.05) is 5.32 Å². The van der Waals surface area contributed by atoms with E-state index < -0.39 is 0 Å². The number of rotatable bonds is 3. The van der Waals surface area contributed by atoms with Gasteiger partial charge in [0.15, 0.2) is 0 Å². The van der Waals surface area contributed by atoms with Gasteiger partial charge < -0.3 is 5.32 Å². The first-order valence-corrected chi connectivity index (χ1v) is 13.2. The van der Waals surface area contributed by atoms with Gasteiger partial charge in [0.1, 0.15) is 0 Å². The fraction of sp³-hybridized carbons (Fsp3) is 0.167. The molecule has 0 unspecified atom stereocenters. The van der Waals surface area contributed by atoms with E-state index in [1.165, 1.54) is 61.3 Å². The lowest BCUT2D eigenvalue weighted by molar-refractivity contribution is 0.660. The predicted molar refractivity (Wildman–Crippen MR) is 157 cm³/mol. The smallest absolute Gasteiger partial charge is 0.0467 e. The zero-order valence-corrected chi connectivity index (χ0v) is 21.9. The largest absolute Gasteiger partial charge is 0.355 e. The molecule has 0 fully saturated rings. The maximum atomic E-state index is 3.74. The Kier molecular flexibility index (Phi) is 4.60. The lowest BCUT2D eigenvalue weighted by atomic mass is 9.79. The Morgan fingerprint density at radius 2 is 1.03 bits per heavy atom. The highest BCUT2D eigenvalue weighted by molar-refractivity contribution is 5.92. The highest BCUT2D eigenvalue weighted by Crippen LogP contribution is 2.53. The number of nitrogens with one attached hydrogen (secondary N) is 1. The fourth-order valence-electron chi connectivity index (χ4n) is 6.84. The molecule has 0 spiro atoms. The van der Waals surface area contributed by atoms with Gasteiger partial charge in [0.2, 0.25) is 0 Å². The Morgan fingerprint density at radius 3 is 1.78 bits per heavy atom. The number of hydrogen-bond acceptors (Lipinski definition) is 1. The molecule has 1 heteroatoms. The van der Waals surface area contributed by atoms with Crippen LogP contribution in [0.5, 0.6) is 0 Å². The third-order valence-corrected chi connectivity index (χ3v) is 8.66. The Labute approximate surface area is 219 Å². The van der Waals surface area contributed by atoms with Crippen LogP contribution in [-0.2, 0) is 10.8 Å². The number of anilines is 2. The highest BCUT2D eigenvalue weighted by Gasteiger charge is 2.38. The summed E-state index contributed by atoms with van der Waals surface area (Å²) in [6.45, 7) is 9.36. The Morgan fingerprint density at radius 1 is 0.459 bits per heavy atom. The van der Waals surface area contributed by atoms with Crippen LogP contribution in [0.1, 0.15) is 49.9 Å². The van der Waals surface area contributed by atoms with Gasteiger partial charge in [-0.15, -0.1) is 0 Å². The average molecular weight is 478 g/mol. The maximum Gasteiger partial charge on any atom is 0.0467 e. The molecule has 0 saturated heterocycles. The molecular weight excluding hydrogens is 446 g/mol. The molecule has 5 aromatic rings. The van der Waals surface area contributed by atoms with Gasteiger partial charge in [-0.1, -0.05) is 119 Å². The molecular formula is C36H31N. The van der Waals surface area contributed by atoms with Crippen molar-refractivity contribution >= 4 is 11.4 Å². The van der Waals surface area contributed by atoms with Crippen LogP contribution in [0.25, 0.3) is 33.4 Å². The van der Waals surface area contributed by atoms with Crippen LogP contribution in [0, 0.1) is 0 Å². The predicted octanol–water partition coefficient (Wildman–Crippen LogP) is 9.71. The van der Waals surface area contributed by atoms with Crippen molar-refractivity contribution in [1.82, 2.24) is 0 Å². The molecule has 0 saturated carbocycles. The summed E-state index contributed by atoms with van der Waals surface area (Å²) in [5, 5.41) is 3.74. The second-order valence-electron chi connectivity index (χ2n) is 11.5. The van der Waals surface area contributed by atoms with E-state index in [-0.39, 0.29) is 10.8 Å². The SMILES string of the molecule is CC1(C)c2ccccc2-c2c(Nc3ccc(-c4cccc5c4C(C)(C)c4ccccc4-5)cc3)cccc21. The summed E-state index contributed by atoms with van der Waals surface area (Å²) < 4.78 is 0. The summed E-state index contributed by atoms with van der Waals surface area (Å²) >= 11 is 0. The van der Waals surface area contributed by atoms with E-state index >= 15 is 0 Å². The first-order valence-electron chi connectivity index (χ1n) is 13.2. The summed E-state index contributed by atoms with van der Waals surface area (Å²) in [4.78, 5) is 0. The van der Waals surface area contributed by atoms with Gasteiger partial charge in [-0.2, -0.15) is 0 Å². The van der Waals surface area contributed by atoms with Crippen molar-refractivity contribution in [3.63, 3.8) is 0 Å². The molecule has 0 amide bonds. The Bertz CT molecular complexity index is 1690. The topological polar surface area (TPSA) is 12.0 Å². The Hall–Kier alpha value is -4.10. The molecule has 2 aliphatic rings. The molecule has 2 aliphatic carbocycles. The fourth-order valence-corrected chi connectivity index (χ4v) is 6.84. The van der Waals surface area contributed by atoms with Crippen molar-refractivity contribution in [2.45, 2.75) is 38.5 Å². The van der Waals surface area contributed by atoms with Crippen LogP contribution < -0.4 is 5.32 Å². The minimum absolute atomic E-state index is 0.00550. The minimum atomic E-state index is -0.0236. The van der Waals surface area contributed by atoms with Crippen molar-refractivity contribution in [1.29, 1.82) is 0 Å². The van der Waals surface area contributed by atoms with Gasteiger partial charge >= 0.3 is 0 Å². The van der Waals surface area contributed by atoms with Crippen molar-refractivity contribution < 1.29 is 0 Å². The Balaban J connectivity index is 1.26. The molecule has 0 bridgehead atoms. The minimum Gasteiger partial charge on any atom is -0.355 e. The standard InChI is InChI=1S/C36H31N/c1-35(2)30-16-8-6-12-28(30)33-31(35)17-10-18-32(33)37-24-21-19-23(20-22-24)25-13-9-14-27-26-11-5-7-15-29(26)36(3,4)34(25)27/h5-22,37H,1-4H3. The second-order valence-corrected chi connectivity index (χ2v) is 11.5. The van der Waals surface area contributed by atoms with Crippen LogP contribution in [0.2, 0.25) is 0 Å². The second kappa shape index (κ2) is 7.70. The van der Waals surface area contributed by atoms with E-state index in [9.17, 15) is 0 Å². The van der Waals surface area contributed by atoms with Crippen LogP contribution in [0.3, 0.4) is 0 Å².